The molecule has 0 spiro atoms. The Hall–Kier alpha value is -2.98. The predicted molar refractivity (Wildman–Crippen MR) is 62.7 cm³/mol. The van der Waals surface area contributed by atoms with Crippen molar-refractivity contribution < 1.29 is 14.7 Å². The van der Waals surface area contributed by atoms with Crippen molar-refractivity contribution in [3.8, 4) is 0 Å². The van der Waals surface area contributed by atoms with Gasteiger partial charge in [0.1, 0.15) is 0 Å². The zero-order valence-electron chi connectivity index (χ0n) is 10.1. The van der Waals surface area contributed by atoms with Gasteiger partial charge in [-0.15, -0.1) is 10.2 Å². The summed E-state index contributed by atoms with van der Waals surface area (Å²) in [5.74, 6) is -1.37. The second-order valence-electron chi connectivity index (χ2n) is 4.30. The zero-order chi connectivity index (χ0) is 14.3. The summed E-state index contributed by atoms with van der Waals surface area (Å²) in [6.45, 7) is 0.781. The van der Waals surface area contributed by atoms with Crippen LogP contribution in [-0.2, 0) is 0 Å². The molecule has 1 aliphatic rings. The fourth-order valence-electron chi connectivity index (χ4n) is 1.86. The number of nitrogen functional groups attached to an aromatic ring is 1. The molecule has 1 aliphatic heterocycles. The van der Waals surface area contributed by atoms with Crippen LogP contribution in [0.25, 0.3) is 0 Å². The van der Waals surface area contributed by atoms with E-state index in [0.717, 1.165) is 0 Å². The topological polar surface area (TPSA) is 156 Å². The lowest BCUT2D eigenvalue weighted by Crippen LogP contribution is -2.51. The molecule has 11 heteroatoms. The standard InChI is InChI=1S/C9H10N8O3/c10-9-11-6(13-14-9)7(18)16-1-4(2-16)17-3-5(8(19)20)12-15-17/h3-4H,1-2H2,(H,19,20)(H3,10,11,13,14). The first-order valence-corrected chi connectivity index (χ1v) is 5.67. The number of aromatic carboxylic acids is 1. The molecule has 20 heavy (non-hydrogen) atoms. The Morgan fingerprint density at radius 1 is 1.45 bits per heavy atom. The van der Waals surface area contributed by atoms with Crippen LogP contribution in [0.15, 0.2) is 6.20 Å². The smallest absolute Gasteiger partial charge is 0.358 e. The predicted octanol–water partition coefficient (Wildman–Crippen LogP) is -1.63. The third kappa shape index (κ3) is 1.94. The summed E-state index contributed by atoms with van der Waals surface area (Å²) < 4.78 is 1.43. The van der Waals surface area contributed by atoms with E-state index >= 15 is 0 Å². The second kappa shape index (κ2) is 4.29. The van der Waals surface area contributed by atoms with Crippen molar-refractivity contribution in [2.24, 2.45) is 0 Å². The first-order chi connectivity index (χ1) is 9.54. The Labute approximate surface area is 111 Å². The Bertz CT molecular complexity index is 670. The van der Waals surface area contributed by atoms with Crippen molar-refractivity contribution in [3.63, 3.8) is 0 Å². The minimum absolute atomic E-state index is 0.00722. The van der Waals surface area contributed by atoms with Gasteiger partial charge in [-0.3, -0.25) is 9.89 Å². The molecule has 2 aromatic heterocycles. The van der Waals surface area contributed by atoms with Crippen molar-refractivity contribution in [1.82, 2.24) is 35.1 Å². The normalized spacial score (nSPS) is 15.1. The van der Waals surface area contributed by atoms with E-state index in [0.29, 0.717) is 13.1 Å². The number of carbonyl (C=O) groups excluding carboxylic acids is 1. The Morgan fingerprint density at radius 2 is 2.20 bits per heavy atom. The van der Waals surface area contributed by atoms with Gasteiger partial charge in [0.2, 0.25) is 11.8 Å². The first kappa shape index (κ1) is 12.1. The van der Waals surface area contributed by atoms with E-state index in [4.69, 9.17) is 10.8 Å². The molecule has 0 saturated carbocycles. The van der Waals surface area contributed by atoms with Gasteiger partial charge in [-0.1, -0.05) is 5.21 Å². The van der Waals surface area contributed by atoms with E-state index in [9.17, 15) is 9.59 Å². The maximum absolute atomic E-state index is 11.9. The number of aromatic nitrogens is 6. The molecule has 2 aromatic rings. The molecule has 1 amide bonds. The monoisotopic (exact) mass is 278 g/mol. The summed E-state index contributed by atoms with van der Waals surface area (Å²) in [4.78, 5) is 27.9. The molecule has 0 bridgehead atoms. The van der Waals surface area contributed by atoms with E-state index in [1.54, 1.807) is 0 Å². The van der Waals surface area contributed by atoms with Crippen LogP contribution in [-0.4, -0.2) is 65.1 Å². The molecule has 0 aromatic carbocycles. The molecule has 4 N–H and O–H groups in total. The number of nitrogens with zero attached hydrogens (tertiary/aromatic N) is 6. The minimum atomic E-state index is -1.14. The molecule has 0 unspecified atom stereocenters. The number of aromatic amines is 1. The number of nitrogens with one attached hydrogen (secondary N) is 1. The van der Waals surface area contributed by atoms with E-state index in [2.05, 4.69) is 25.5 Å². The van der Waals surface area contributed by atoms with Gasteiger partial charge in [-0.25, -0.2) is 9.48 Å². The number of hydrogen-bond acceptors (Lipinski definition) is 7. The van der Waals surface area contributed by atoms with Crippen LogP contribution in [0, 0.1) is 0 Å². The van der Waals surface area contributed by atoms with Crippen LogP contribution in [0.5, 0.6) is 0 Å². The highest BCUT2D eigenvalue weighted by molar-refractivity contribution is 5.91. The molecule has 104 valence electrons. The molecule has 0 atom stereocenters. The molecule has 11 nitrogen and oxygen atoms in total. The number of hydrogen-bond donors (Lipinski definition) is 3. The lowest BCUT2D eigenvalue weighted by molar-refractivity contribution is 0.0485. The largest absolute Gasteiger partial charge is 0.476 e. The number of carboxylic acid groups (broad SMARTS) is 1. The van der Waals surface area contributed by atoms with E-state index in [-0.39, 0.29) is 29.4 Å². The summed E-state index contributed by atoms with van der Waals surface area (Å²) in [6, 6.07) is -0.0974. The van der Waals surface area contributed by atoms with Crippen LogP contribution in [0.1, 0.15) is 27.1 Å². The van der Waals surface area contributed by atoms with Crippen LogP contribution < -0.4 is 5.73 Å². The fraction of sp³-hybridized carbons (Fsp3) is 0.333. The number of rotatable bonds is 3. The van der Waals surface area contributed by atoms with Crippen molar-refractivity contribution in [1.29, 1.82) is 0 Å². The summed E-state index contributed by atoms with van der Waals surface area (Å²) in [6.07, 6.45) is 1.33. The first-order valence-electron chi connectivity index (χ1n) is 5.67. The Balaban J connectivity index is 1.63. The SMILES string of the molecule is Nc1n[nH]c(C(=O)N2CC(n3cc(C(=O)O)nn3)C2)n1. The molecule has 0 aliphatic carbocycles. The van der Waals surface area contributed by atoms with Gasteiger partial charge in [0.15, 0.2) is 5.69 Å². The summed E-state index contributed by atoms with van der Waals surface area (Å²) >= 11 is 0. The average molecular weight is 278 g/mol. The molecule has 3 heterocycles. The fourth-order valence-corrected chi connectivity index (χ4v) is 1.86. The van der Waals surface area contributed by atoms with Crippen molar-refractivity contribution in [2.75, 3.05) is 18.8 Å². The van der Waals surface area contributed by atoms with Gasteiger partial charge in [0, 0.05) is 13.1 Å². The van der Waals surface area contributed by atoms with Gasteiger partial charge in [-0.05, 0) is 0 Å². The number of carboxylic acids is 1. The van der Waals surface area contributed by atoms with Crippen molar-refractivity contribution in [2.45, 2.75) is 6.04 Å². The van der Waals surface area contributed by atoms with E-state index in [1.807, 2.05) is 0 Å². The van der Waals surface area contributed by atoms with Crippen LogP contribution in [0.4, 0.5) is 5.95 Å². The van der Waals surface area contributed by atoms with Crippen molar-refractivity contribution in [3.05, 3.63) is 17.7 Å². The lowest BCUT2D eigenvalue weighted by atomic mass is 10.1. The highest BCUT2D eigenvalue weighted by Crippen LogP contribution is 2.21. The lowest BCUT2D eigenvalue weighted by Gasteiger charge is -2.38. The van der Waals surface area contributed by atoms with Gasteiger partial charge in [-0.2, -0.15) is 4.98 Å². The van der Waals surface area contributed by atoms with Gasteiger partial charge >= 0.3 is 5.97 Å². The Kier molecular flexibility index (Phi) is 2.59. The molecule has 0 radical (unpaired) electrons. The maximum Gasteiger partial charge on any atom is 0.358 e. The highest BCUT2D eigenvalue weighted by Gasteiger charge is 2.34. The summed E-state index contributed by atoms with van der Waals surface area (Å²) in [7, 11) is 0. The number of amides is 1. The number of carbonyl (C=O) groups is 2. The van der Waals surface area contributed by atoms with Crippen molar-refractivity contribution >= 4 is 17.8 Å². The quantitative estimate of drug-likeness (QED) is 0.604. The third-order valence-corrected chi connectivity index (χ3v) is 2.96. The van der Waals surface area contributed by atoms with Crippen LogP contribution in [0.2, 0.25) is 0 Å². The summed E-state index contributed by atoms with van der Waals surface area (Å²) in [5.41, 5.74) is 5.20. The number of nitrogens with two attached hydrogens (primary N) is 1. The average Bonchev–Trinajstić information content (AvgIpc) is 2.96. The van der Waals surface area contributed by atoms with Gasteiger partial charge in [0.05, 0.1) is 12.2 Å². The van der Waals surface area contributed by atoms with Crippen LogP contribution >= 0.6 is 0 Å². The molecular formula is C9H10N8O3. The Morgan fingerprint density at radius 3 is 2.75 bits per heavy atom. The highest BCUT2D eigenvalue weighted by atomic mass is 16.4. The van der Waals surface area contributed by atoms with Crippen LogP contribution in [0.3, 0.4) is 0 Å². The molecular weight excluding hydrogens is 268 g/mol. The number of likely N-dealkylation sites (tertiary alicyclic amines) is 1. The number of anilines is 1. The number of H-pyrrole nitrogens is 1. The van der Waals surface area contributed by atoms with E-state index < -0.39 is 5.97 Å². The third-order valence-electron chi connectivity index (χ3n) is 2.96. The van der Waals surface area contributed by atoms with Gasteiger partial charge < -0.3 is 15.7 Å². The zero-order valence-corrected chi connectivity index (χ0v) is 10.1. The van der Waals surface area contributed by atoms with E-state index in [1.165, 1.54) is 15.8 Å². The summed E-state index contributed by atoms with van der Waals surface area (Å²) in [5, 5.41) is 22.0. The maximum atomic E-state index is 11.9. The molecule has 1 fully saturated rings. The minimum Gasteiger partial charge on any atom is -0.476 e. The molecule has 1 saturated heterocycles. The molecule has 3 rings (SSSR count). The second-order valence-corrected chi connectivity index (χ2v) is 4.30. The van der Waals surface area contributed by atoms with Gasteiger partial charge in [0.25, 0.3) is 5.91 Å².